The van der Waals surface area contributed by atoms with E-state index in [1.54, 1.807) is 45.1 Å². The van der Waals surface area contributed by atoms with E-state index >= 15 is 0 Å². The minimum Gasteiger partial charge on any atom is -0.496 e. The van der Waals surface area contributed by atoms with Gasteiger partial charge in [-0.3, -0.25) is 10.1 Å². The number of ether oxygens (including phenoxy) is 2. The average Bonchev–Trinajstić information content (AvgIpc) is 2.44. The summed E-state index contributed by atoms with van der Waals surface area (Å²) in [5, 5.41) is 13.7. The number of carbonyl (C=O) groups excluding carboxylic acids is 1. The molecule has 1 amide bonds. The number of nitrogens with one attached hydrogen (secondary N) is 1. The van der Waals surface area contributed by atoms with Gasteiger partial charge in [0.2, 0.25) is 0 Å². The van der Waals surface area contributed by atoms with Gasteiger partial charge in [-0.2, -0.15) is 0 Å². The third-order valence-electron chi connectivity index (χ3n) is 2.72. The summed E-state index contributed by atoms with van der Waals surface area (Å²) < 4.78 is 10.2. The summed E-state index contributed by atoms with van der Waals surface area (Å²) in [6.07, 6.45) is 3.37. The van der Waals surface area contributed by atoms with Crippen LogP contribution in [0, 0.1) is 10.1 Å². The molecule has 0 aromatic heterocycles. The number of methoxy groups -OCH3 is 1. The Bertz CT molecular complexity index is 591. The Morgan fingerprint density at radius 2 is 2.09 bits per heavy atom. The van der Waals surface area contributed by atoms with Crippen molar-refractivity contribution in [2.75, 3.05) is 13.7 Å². The lowest BCUT2D eigenvalue weighted by atomic mass is 10.1. The first-order valence-electron chi connectivity index (χ1n) is 7.19. The van der Waals surface area contributed by atoms with Gasteiger partial charge < -0.3 is 14.8 Å². The number of alkyl carbamates (subject to hydrolysis) is 1. The quantitative estimate of drug-likeness (QED) is 0.491. The van der Waals surface area contributed by atoms with Crippen LogP contribution in [0.15, 0.2) is 24.3 Å². The summed E-state index contributed by atoms with van der Waals surface area (Å²) in [5.74, 6) is 0.426. The van der Waals surface area contributed by atoms with E-state index in [1.165, 1.54) is 13.2 Å². The van der Waals surface area contributed by atoms with Gasteiger partial charge in [0.1, 0.15) is 11.4 Å². The monoisotopic (exact) mass is 322 g/mol. The molecule has 0 saturated carbocycles. The molecule has 126 valence electrons. The van der Waals surface area contributed by atoms with Gasteiger partial charge >= 0.3 is 6.09 Å². The zero-order valence-electron chi connectivity index (χ0n) is 13.8. The normalized spacial score (nSPS) is 11.3. The predicted octanol–water partition coefficient (Wildman–Crippen LogP) is 3.53. The standard InChI is InChI=1S/C16H22N2O5/c1-16(2,3)23-15(19)17-11-6-5-8-12-13(18(20)21)9-7-10-14(12)22-4/h5,7-10H,6,11H2,1-4H3,(H,17,19). The van der Waals surface area contributed by atoms with Crippen molar-refractivity contribution in [3.63, 3.8) is 0 Å². The SMILES string of the molecule is COc1cccc([N+](=O)[O-])c1C=CCCNC(=O)OC(C)(C)C. The Kier molecular flexibility index (Phi) is 6.56. The summed E-state index contributed by atoms with van der Waals surface area (Å²) in [6, 6.07) is 4.64. The topological polar surface area (TPSA) is 90.7 Å². The van der Waals surface area contributed by atoms with Gasteiger partial charge in [0, 0.05) is 12.6 Å². The third kappa shape index (κ3) is 6.37. The van der Waals surface area contributed by atoms with Crippen molar-refractivity contribution in [3.8, 4) is 5.75 Å². The lowest BCUT2D eigenvalue weighted by Gasteiger charge is -2.19. The molecule has 23 heavy (non-hydrogen) atoms. The van der Waals surface area contributed by atoms with Gasteiger partial charge in [0.15, 0.2) is 0 Å². The number of carbonyl (C=O) groups is 1. The van der Waals surface area contributed by atoms with E-state index in [0.717, 1.165) is 0 Å². The molecule has 0 aliphatic heterocycles. The first kappa shape index (κ1) is 18.5. The van der Waals surface area contributed by atoms with Crippen molar-refractivity contribution < 1.29 is 19.2 Å². The van der Waals surface area contributed by atoms with Gasteiger partial charge in [0.05, 0.1) is 17.6 Å². The highest BCUT2D eigenvalue weighted by Gasteiger charge is 2.16. The van der Waals surface area contributed by atoms with E-state index in [-0.39, 0.29) is 5.69 Å². The van der Waals surface area contributed by atoms with Crippen LogP contribution in [0.2, 0.25) is 0 Å². The van der Waals surface area contributed by atoms with Crippen LogP contribution in [0.1, 0.15) is 32.8 Å². The molecule has 0 radical (unpaired) electrons. The maximum atomic E-state index is 11.5. The fourth-order valence-corrected chi connectivity index (χ4v) is 1.81. The number of benzene rings is 1. The Balaban J connectivity index is 2.62. The minimum atomic E-state index is -0.544. The van der Waals surface area contributed by atoms with Crippen LogP contribution in [0.3, 0.4) is 0 Å². The van der Waals surface area contributed by atoms with E-state index in [4.69, 9.17) is 9.47 Å². The fraction of sp³-hybridized carbons (Fsp3) is 0.438. The lowest BCUT2D eigenvalue weighted by Crippen LogP contribution is -2.32. The van der Waals surface area contributed by atoms with Gasteiger partial charge in [0.25, 0.3) is 5.69 Å². The highest BCUT2D eigenvalue weighted by atomic mass is 16.6. The molecule has 0 fully saturated rings. The molecule has 0 aliphatic rings. The Hall–Kier alpha value is -2.57. The molecule has 0 aliphatic carbocycles. The second kappa shape index (κ2) is 8.17. The molecule has 0 saturated heterocycles. The highest BCUT2D eigenvalue weighted by molar-refractivity contribution is 5.68. The molecule has 7 nitrogen and oxygen atoms in total. The van der Waals surface area contributed by atoms with E-state index in [2.05, 4.69) is 5.32 Å². The molecule has 0 bridgehead atoms. The zero-order valence-corrected chi connectivity index (χ0v) is 13.8. The molecule has 7 heteroatoms. The Morgan fingerprint density at radius 3 is 2.65 bits per heavy atom. The van der Waals surface area contributed by atoms with E-state index in [1.807, 2.05) is 0 Å². The van der Waals surface area contributed by atoms with Gasteiger partial charge in [-0.25, -0.2) is 4.79 Å². The summed E-state index contributed by atoms with van der Waals surface area (Å²) in [6.45, 7) is 5.72. The molecule has 0 heterocycles. The largest absolute Gasteiger partial charge is 0.496 e. The number of nitrogens with zero attached hydrogens (tertiary/aromatic N) is 1. The van der Waals surface area contributed by atoms with Crippen LogP contribution < -0.4 is 10.1 Å². The fourth-order valence-electron chi connectivity index (χ4n) is 1.81. The summed E-state index contributed by atoms with van der Waals surface area (Å²) in [4.78, 5) is 22.1. The summed E-state index contributed by atoms with van der Waals surface area (Å²) >= 11 is 0. The first-order chi connectivity index (χ1) is 10.7. The zero-order chi connectivity index (χ0) is 17.5. The summed E-state index contributed by atoms with van der Waals surface area (Å²) in [7, 11) is 1.46. The van der Waals surface area contributed by atoms with Crippen LogP contribution >= 0.6 is 0 Å². The smallest absolute Gasteiger partial charge is 0.407 e. The molecule has 1 aromatic carbocycles. The molecule has 0 atom stereocenters. The minimum absolute atomic E-state index is 0.0271. The number of hydrogen-bond donors (Lipinski definition) is 1. The van der Waals surface area contributed by atoms with Crippen LogP contribution in [0.25, 0.3) is 6.08 Å². The van der Waals surface area contributed by atoms with E-state index in [0.29, 0.717) is 24.3 Å². The molecule has 0 unspecified atom stereocenters. The molecule has 1 rings (SSSR count). The lowest BCUT2D eigenvalue weighted by molar-refractivity contribution is -0.385. The number of rotatable bonds is 6. The first-order valence-corrected chi connectivity index (χ1v) is 7.19. The van der Waals surface area contributed by atoms with Crippen LogP contribution in [0.5, 0.6) is 5.75 Å². The van der Waals surface area contributed by atoms with Crippen molar-refractivity contribution in [1.82, 2.24) is 5.32 Å². The van der Waals surface area contributed by atoms with Crippen LogP contribution in [-0.4, -0.2) is 30.3 Å². The number of hydrogen-bond acceptors (Lipinski definition) is 5. The van der Waals surface area contributed by atoms with E-state index in [9.17, 15) is 14.9 Å². The number of nitro benzene ring substituents is 1. The Labute approximate surface area is 135 Å². The van der Waals surface area contributed by atoms with Crippen LogP contribution in [-0.2, 0) is 4.74 Å². The number of amides is 1. The molecule has 0 spiro atoms. The second-order valence-corrected chi connectivity index (χ2v) is 5.77. The van der Waals surface area contributed by atoms with Crippen molar-refractivity contribution >= 4 is 17.9 Å². The summed E-state index contributed by atoms with van der Waals surface area (Å²) in [5.41, 5.74) is -0.171. The molecule has 1 N–H and O–H groups in total. The van der Waals surface area contributed by atoms with Gasteiger partial charge in [-0.05, 0) is 39.3 Å². The van der Waals surface area contributed by atoms with Crippen molar-refractivity contribution in [3.05, 3.63) is 40.0 Å². The maximum Gasteiger partial charge on any atom is 0.407 e. The maximum absolute atomic E-state index is 11.5. The third-order valence-corrected chi connectivity index (χ3v) is 2.72. The highest BCUT2D eigenvalue weighted by Crippen LogP contribution is 2.29. The predicted molar refractivity (Wildman–Crippen MR) is 87.5 cm³/mol. The molecule has 1 aromatic rings. The Morgan fingerprint density at radius 1 is 1.39 bits per heavy atom. The second-order valence-electron chi connectivity index (χ2n) is 5.77. The van der Waals surface area contributed by atoms with Crippen molar-refractivity contribution in [2.24, 2.45) is 0 Å². The number of nitro groups is 1. The average molecular weight is 322 g/mol. The van der Waals surface area contributed by atoms with Crippen LogP contribution in [0.4, 0.5) is 10.5 Å². The molecular formula is C16H22N2O5. The van der Waals surface area contributed by atoms with Crippen molar-refractivity contribution in [2.45, 2.75) is 32.8 Å². The van der Waals surface area contributed by atoms with Crippen molar-refractivity contribution in [1.29, 1.82) is 0 Å². The van der Waals surface area contributed by atoms with E-state index < -0.39 is 16.6 Å². The molecular weight excluding hydrogens is 300 g/mol. The van der Waals surface area contributed by atoms with Gasteiger partial charge in [-0.15, -0.1) is 0 Å². The van der Waals surface area contributed by atoms with Gasteiger partial charge in [-0.1, -0.05) is 12.1 Å².